The molecular formula is C7H12N2S2. The lowest BCUT2D eigenvalue weighted by molar-refractivity contribution is 0.650. The number of likely N-dealkylation sites (N-methyl/N-ethyl adjacent to an activating group) is 1. The van der Waals surface area contributed by atoms with E-state index in [2.05, 4.69) is 33.6 Å². The van der Waals surface area contributed by atoms with Gasteiger partial charge in [0.15, 0.2) is 0 Å². The van der Waals surface area contributed by atoms with Gasteiger partial charge < -0.3 is 4.72 Å². The van der Waals surface area contributed by atoms with Crippen LogP contribution in [0.25, 0.3) is 0 Å². The van der Waals surface area contributed by atoms with Gasteiger partial charge in [0.25, 0.3) is 0 Å². The van der Waals surface area contributed by atoms with E-state index in [1.807, 2.05) is 6.20 Å². The minimum Gasteiger partial charge on any atom is -0.337 e. The lowest BCUT2D eigenvalue weighted by Gasteiger charge is -1.99. The van der Waals surface area contributed by atoms with Gasteiger partial charge in [0.1, 0.15) is 0 Å². The first kappa shape index (κ1) is 9.03. The monoisotopic (exact) mass is 188 g/mol. The maximum absolute atomic E-state index is 2.96. The Morgan fingerprint density at radius 2 is 2.36 bits per heavy atom. The lowest BCUT2D eigenvalue weighted by Crippen LogP contribution is -2.01. The van der Waals surface area contributed by atoms with Crippen LogP contribution < -0.4 is 4.72 Å². The van der Waals surface area contributed by atoms with Gasteiger partial charge in [-0.15, -0.1) is 0 Å². The number of nitrogens with one attached hydrogen (secondary N) is 1. The van der Waals surface area contributed by atoms with Crippen molar-refractivity contribution < 1.29 is 0 Å². The predicted molar refractivity (Wildman–Crippen MR) is 54.1 cm³/mol. The molecule has 0 aromatic carbocycles. The van der Waals surface area contributed by atoms with Crippen LogP contribution in [-0.2, 0) is 0 Å². The normalized spacial score (nSPS) is 21.2. The van der Waals surface area contributed by atoms with Gasteiger partial charge in [-0.2, -0.15) is 0 Å². The average Bonchev–Trinajstić information content (AvgIpc) is 2.57. The molecule has 0 saturated carbocycles. The zero-order valence-electron chi connectivity index (χ0n) is 6.49. The van der Waals surface area contributed by atoms with Gasteiger partial charge in [0, 0.05) is 18.5 Å². The molecule has 2 heterocycles. The van der Waals surface area contributed by atoms with Crippen molar-refractivity contribution in [3.8, 4) is 0 Å². The van der Waals surface area contributed by atoms with Crippen LogP contribution in [0.3, 0.4) is 0 Å². The second kappa shape index (κ2) is 5.57. The van der Waals surface area contributed by atoms with E-state index in [-0.39, 0.29) is 0 Å². The summed E-state index contributed by atoms with van der Waals surface area (Å²) in [5.41, 5.74) is 0. The van der Waals surface area contributed by atoms with Crippen LogP contribution in [0.15, 0.2) is 23.8 Å². The summed E-state index contributed by atoms with van der Waals surface area (Å²) in [7, 11) is 2.07. The van der Waals surface area contributed by atoms with E-state index in [1.54, 1.807) is 23.9 Å². The van der Waals surface area contributed by atoms with E-state index in [4.69, 9.17) is 0 Å². The minimum absolute atomic E-state index is 1.10. The Bertz CT molecular complexity index is 143. The Hall–Kier alpha value is -0.0600. The molecule has 0 aliphatic carbocycles. The maximum Gasteiger partial charge on any atom is 0.0329 e. The molecule has 0 aromatic rings. The number of hydrogen-bond acceptors (Lipinski definition) is 4. The van der Waals surface area contributed by atoms with Crippen LogP contribution in [0.4, 0.5) is 0 Å². The first-order valence-corrected chi connectivity index (χ1v) is 5.27. The van der Waals surface area contributed by atoms with E-state index in [1.165, 1.54) is 0 Å². The molecule has 0 unspecified atom stereocenters. The standard InChI is InChI=1S/C4H7NS.C3H5NS/c1-5-3-2-4-6-5;1-2-4-5-3-1/h2,4H,3H2,1H3;1-2,4H,3H2. The third-order valence-corrected chi connectivity index (χ3v) is 2.63. The summed E-state index contributed by atoms with van der Waals surface area (Å²) in [6.07, 6.45) is 6.18. The van der Waals surface area contributed by atoms with Gasteiger partial charge in [0.2, 0.25) is 0 Å². The Labute approximate surface area is 76.4 Å². The fourth-order valence-electron chi connectivity index (χ4n) is 0.622. The van der Waals surface area contributed by atoms with Crippen molar-refractivity contribution in [2.24, 2.45) is 0 Å². The van der Waals surface area contributed by atoms with Crippen LogP contribution in [0.5, 0.6) is 0 Å². The largest absolute Gasteiger partial charge is 0.337 e. The van der Waals surface area contributed by atoms with E-state index in [0.29, 0.717) is 0 Å². The van der Waals surface area contributed by atoms with Crippen molar-refractivity contribution in [2.75, 3.05) is 19.3 Å². The molecule has 0 spiro atoms. The van der Waals surface area contributed by atoms with Crippen LogP contribution in [0, 0.1) is 0 Å². The Morgan fingerprint density at radius 1 is 1.45 bits per heavy atom. The number of hydrogen-bond donors (Lipinski definition) is 1. The molecule has 0 amide bonds. The SMILES string of the molecule is C1=CNSC1.CN1CC=CS1. The van der Waals surface area contributed by atoms with Crippen molar-refractivity contribution in [1.82, 2.24) is 9.03 Å². The second-order valence-electron chi connectivity index (χ2n) is 2.12. The highest BCUT2D eigenvalue weighted by Crippen LogP contribution is 2.13. The summed E-state index contributed by atoms with van der Waals surface area (Å²) in [5.74, 6) is 1.12. The number of nitrogens with zero attached hydrogens (tertiary/aromatic N) is 1. The lowest BCUT2D eigenvalue weighted by atomic mass is 10.6. The van der Waals surface area contributed by atoms with Gasteiger partial charge >= 0.3 is 0 Å². The predicted octanol–water partition coefficient (Wildman–Crippen LogP) is 1.85. The fraction of sp³-hybridized carbons (Fsp3) is 0.429. The maximum atomic E-state index is 2.96. The van der Waals surface area contributed by atoms with Crippen LogP contribution in [0.1, 0.15) is 0 Å². The van der Waals surface area contributed by atoms with E-state index in [9.17, 15) is 0 Å². The fourth-order valence-corrected chi connectivity index (χ4v) is 1.66. The molecule has 0 radical (unpaired) electrons. The molecule has 0 fully saturated rings. The molecule has 4 heteroatoms. The smallest absolute Gasteiger partial charge is 0.0329 e. The Balaban J connectivity index is 0.000000112. The zero-order chi connectivity index (χ0) is 7.94. The van der Waals surface area contributed by atoms with Gasteiger partial charge in [-0.05, 0) is 24.4 Å². The Kier molecular flexibility index (Phi) is 4.58. The van der Waals surface area contributed by atoms with Crippen molar-refractivity contribution in [3.63, 3.8) is 0 Å². The van der Waals surface area contributed by atoms with E-state index in [0.717, 1.165) is 12.3 Å². The molecular weight excluding hydrogens is 176 g/mol. The second-order valence-corrected chi connectivity index (χ2v) is 4.08. The average molecular weight is 188 g/mol. The molecule has 0 aromatic heterocycles. The summed E-state index contributed by atoms with van der Waals surface area (Å²) in [5, 5.41) is 2.10. The van der Waals surface area contributed by atoms with Gasteiger partial charge in [-0.1, -0.05) is 24.1 Å². The van der Waals surface area contributed by atoms with Gasteiger partial charge in [0.05, 0.1) is 0 Å². The highest BCUT2D eigenvalue weighted by atomic mass is 32.2. The van der Waals surface area contributed by atoms with E-state index < -0.39 is 0 Å². The highest BCUT2D eigenvalue weighted by Gasteiger charge is 1.96. The topological polar surface area (TPSA) is 15.3 Å². The van der Waals surface area contributed by atoms with Crippen molar-refractivity contribution >= 4 is 23.9 Å². The van der Waals surface area contributed by atoms with E-state index >= 15 is 0 Å². The van der Waals surface area contributed by atoms with Gasteiger partial charge in [-0.25, -0.2) is 4.31 Å². The summed E-state index contributed by atoms with van der Waals surface area (Å²) < 4.78 is 5.12. The number of rotatable bonds is 0. The molecule has 2 aliphatic rings. The van der Waals surface area contributed by atoms with Crippen LogP contribution in [0.2, 0.25) is 0 Å². The molecule has 1 N–H and O–H groups in total. The summed E-state index contributed by atoms with van der Waals surface area (Å²) in [6.45, 7) is 1.10. The molecule has 0 bridgehead atoms. The molecule has 2 rings (SSSR count). The van der Waals surface area contributed by atoms with Crippen LogP contribution in [-0.4, -0.2) is 23.7 Å². The molecule has 2 aliphatic heterocycles. The third kappa shape index (κ3) is 4.40. The minimum atomic E-state index is 1.10. The van der Waals surface area contributed by atoms with Crippen molar-refractivity contribution in [2.45, 2.75) is 0 Å². The van der Waals surface area contributed by atoms with Crippen molar-refractivity contribution in [3.05, 3.63) is 23.8 Å². The molecule has 11 heavy (non-hydrogen) atoms. The first-order chi connectivity index (χ1) is 5.39. The molecule has 0 atom stereocenters. The molecule has 62 valence electrons. The quantitative estimate of drug-likeness (QED) is 0.583. The summed E-state index contributed by atoms with van der Waals surface area (Å²) >= 11 is 3.46. The first-order valence-electron chi connectivity index (χ1n) is 3.45. The van der Waals surface area contributed by atoms with Crippen molar-refractivity contribution in [1.29, 1.82) is 0 Å². The Morgan fingerprint density at radius 3 is 2.55 bits per heavy atom. The third-order valence-electron chi connectivity index (χ3n) is 1.15. The highest BCUT2D eigenvalue weighted by molar-refractivity contribution is 8.00. The summed E-state index contributed by atoms with van der Waals surface area (Å²) in [6, 6.07) is 0. The summed E-state index contributed by atoms with van der Waals surface area (Å²) in [4.78, 5) is 0. The molecule has 2 nitrogen and oxygen atoms in total. The van der Waals surface area contributed by atoms with Crippen LogP contribution >= 0.6 is 23.9 Å². The molecule has 0 saturated heterocycles. The van der Waals surface area contributed by atoms with Gasteiger partial charge in [-0.3, -0.25) is 0 Å². The zero-order valence-corrected chi connectivity index (χ0v) is 8.12.